The molecular weight excluding hydrogens is 430 g/mol. The van der Waals surface area contributed by atoms with Crippen LogP contribution in [-0.2, 0) is 10.0 Å². The third kappa shape index (κ3) is 4.71. The zero-order valence-electron chi connectivity index (χ0n) is 17.6. The highest BCUT2D eigenvalue weighted by atomic mass is 32.2. The van der Waals surface area contributed by atoms with E-state index in [1.165, 1.54) is 15.6 Å². The van der Waals surface area contributed by atoms with Gasteiger partial charge < -0.3 is 5.32 Å². The van der Waals surface area contributed by atoms with Crippen LogP contribution in [0, 0.1) is 13.8 Å². The van der Waals surface area contributed by atoms with E-state index in [1.807, 2.05) is 31.4 Å². The minimum atomic E-state index is -3.48. The summed E-state index contributed by atoms with van der Waals surface area (Å²) in [6.07, 6.45) is 2.86. The Morgan fingerprint density at radius 1 is 1.03 bits per heavy atom. The predicted octanol–water partition coefficient (Wildman–Crippen LogP) is 4.85. The summed E-state index contributed by atoms with van der Waals surface area (Å²) in [6, 6.07) is 12.5. The molecule has 6 nitrogen and oxygen atoms in total. The lowest BCUT2D eigenvalue weighted by molar-refractivity contribution is 0.102. The van der Waals surface area contributed by atoms with Crippen LogP contribution in [0.2, 0.25) is 0 Å². The molecule has 0 bridgehead atoms. The quantitative estimate of drug-likeness (QED) is 0.596. The molecular formula is C23H25N3O3S2. The molecule has 1 aliphatic heterocycles. The van der Waals surface area contributed by atoms with Crippen LogP contribution in [0.25, 0.3) is 11.3 Å². The van der Waals surface area contributed by atoms with Gasteiger partial charge in [0.1, 0.15) is 0 Å². The maximum atomic E-state index is 12.8. The Labute approximate surface area is 187 Å². The number of hydrogen-bond donors (Lipinski definition) is 1. The normalized spacial score (nSPS) is 15.0. The molecule has 0 spiro atoms. The molecule has 31 heavy (non-hydrogen) atoms. The van der Waals surface area contributed by atoms with Crippen LogP contribution in [0.4, 0.5) is 5.69 Å². The smallest absolute Gasteiger partial charge is 0.284 e. The van der Waals surface area contributed by atoms with Gasteiger partial charge in [-0.3, -0.25) is 4.79 Å². The molecule has 0 unspecified atom stereocenters. The summed E-state index contributed by atoms with van der Waals surface area (Å²) in [5.74, 6) is -0.312. The van der Waals surface area contributed by atoms with Crippen LogP contribution < -0.4 is 5.32 Å². The van der Waals surface area contributed by atoms with Gasteiger partial charge in [-0.05, 0) is 62.6 Å². The average molecular weight is 456 g/mol. The lowest BCUT2D eigenvalue weighted by atomic mass is 10.0. The Kier molecular flexibility index (Phi) is 6.22. The van der Waals surface area contributed by atoms with Crippen molar-refractivity contribution in [1.29, 1.82) is 0 Å². The van der Waals surface area contributed by atoms with Gasteiger partial charge in [0.25, 0.3) is 5.91 Å². The van der Waals surface area contributed by atoms with Crippen molar-refractivity contribution in [2.45, 2.75) is 38.0 Å². The number of carbonyl (C=O) groups excluding carboxylic acids is 1. The van der Waals surface area contributed by atoms with Crippen molar-refractivity contribution in [3.63, 3.8) is 0 Å². The highest BCUT2D eigenvalue weighted by Crippen LogP contribution is 2.27. The van der Waals surface area contributed by atoms with Crippen molar-refractivity contribution < 1.29 is 13.2 Å². The number of amides is 1. The molecule has 8 heteroatoms. The molecule has 0 atom stereocenters. The van der Waals surface area contributed by atoms with E-state index in [9.17, 15) is 13.2 Å². The third-order valence-corrected chi connectivity index (χ3v) is 8.19. The number of rotatable bonds is 5. The first-order valence-electron chi connectivity index (χ1n) is 10.3. The fraction of sp³-hybridized carbons (Fsp3) is 0.304. The molecule has 2 aromatic carbocycles. The topological polar surface area (TPSA) is 79.4 Å². The summed E-state index contributed by atoms with van der Waals surface area (Å²) >= 11 is 1.29. The monoisotopic (exact) mass is 455 g/mol. The molecule has 1 fully saturated rings. The minimum absolute atomic E-state index is 0.249. The summed E-state index contributed by atoms with van der Waals surface area (Å²) in [5.41, 5.74) is 4.57. The summed E-state index contributed by atoms with van der Waals surface area (Å²) in [6.45, 7) is 5.17. The van der Waals surface area contributed by atoms with E-state index in [0.29, 0.717) is 23.8 Å². The maximum Gasteiger partial charge on any atom is 0.284 e. The highest BCUT2D eigenvalue weighted by molar-refractivity contribution is 7.89. The molecule has 1 aromatic heterocycles. The number of nitrogens with zero attached hydrogens (tertiary/aromatic N) is 2. The number of hydrogen-bond acceptors (Lipinski definition) is 5. The van der Waals surface area contributed by atoms with Crippen molar-refractivity contribution in [3.8, 4) is 11.3 Å². The first-order valence-corrected chi connectivity index (χ1v) is 12.6. The molecule has 0 aliphatic carbocycles. The molecule has 1 aliphatic rings. The summed E-state index contributed by atoms with van der Waals surface area (Å²) in [7, 11) is -3.48. The first kappa shape index (κ1) is 21.7. The van der Waals surface area contributed by atoms with Gasteiger partial charge in [0.05, 0.1) is 10.6 Å². The number of thiazole rings is 1. The van der Waals surface area contributed by atoms with Crippen molar-refractivity contribution in [2.75, 3.05) is 18.4 Å². The van der Waals surface area contributed by atoms with Crippen LogP contribution in [0.5, 0.6) is 0 Å². The van der Waals surface area contributed by atoms with Crippen LogP contribution in [0.15, 0.2) is 52.7 Å². The van der Waals surface area contributed by atoms with E-state index in [1.54, 1.807) is 24.3 Å². The van der Waals surface area contributed by atoms with Gasteiger partial charge in [-0.1, -0.05) is 24.1 Å². The zero-order valence-corrected chi connectivity index (χ0v) is 19.2. The molecule has 1 N–H and O–H groups in total. The van der Waals surface area contributed by atoms with Gasteiger partial charge in [-0.25, -0.2) is 13.4 Å². The van der Waals surface area contributed by atoms with Gasteiger partial charge in [0.2, 0.25) is 10.0 Å². The van der Waals surface area contributed by atoms with E-state index >= 15 is 0 Å². The van der Waals surface area contributed by atoms with Crippen LogP contribution >= 0.6 is 11.3 Å². The van der Waals surface area contributed by atoms with Gasteiger partial charge in [0.15, 0.2) is 5.01 Å². The molecule has 162 valence electrons. The molecule has 0 radical (unpaired) electrons. The maximum absolute atomic E-state index is 12.8. The zero-order chi connectivity index (χ0) is 22.0. The SMILES string of the molecule is Cc1ccc(C)c(-c2csc(C(=O)Nc3ccc(S(=O)(=O)N4CCCCC4)cc3)n2)c1. The number of sulfonamides is 1. The largest absolute Gasteiger partial charge is 0.320 e. The Morgan fingerprint density at radius 2 is 1.74 bits per heavy atom. The number of aromatic nitrogens is 1. The van der Waals surface area contributed by atoms with E-state index < -0.39 is 10.0 Å². The van der Waals surface area contributed by atoms with Crippen molar-refractivity contribution in [3.05, 3.63) is 64.0 Å². The minimum Gasteiger partial charge on any atom is -0.320 e. The van der Waals surface area contributed by atoms with Crippen LogP contribution in [-0.4, -0.2) is 36.7 Å². The number of piperidine rings is 1. The predicted molar refractivity (Wildman–Crippen MR) is 124 cm³/mol. The summed E-state index contributed by atoms with van der Waals surface area (Å²) < 4.78 is 27.1. The lowest BCUT2D eigenvalue weighted by Crippen LogP contribution is -2.35. The van der Waals surface area contributed by atoms with E-state index in [-0.39, 0.29) is 10.8 Å². The lowest BCUT2D eigenvalue weighted by Gasteiger charge is -2.25. The summed E-state index contributed by atoms with van der Waals surface area (Å²) in [4.78, 5) is 17.4. The number of anilines is 1. The molecule has 1 amide bonds. The standard InChI is InChI=1S/C23H25N3O3S2/c1-16-6-7-17(2)20(14-16)21-15-30-23(25-21)22(27)24-18-8-10-19(11-9-18)31(28,29)26-12-4-3-5-13-26/h6-11,14-15H,3-5,12-13H2,1-2H3,(H,24,27). The molecule has 4 rings (SSSR count). The average Bonchev–Trinajstić information content (AvgIpc) is 3.27. The van der Waals surface area contributed by atoms with Gasteiger partial charge in [-0.2, -0.15) is 4.31 Å². The van der Waals surface area contributed by atoms with Crippen molar-refractivity contribution in [2.24, 2.45) is 0 Å². The van der Waals surface area contributed by atoms with E-state index in [0.717, 1.165) is 41.6 Å². The van der Waals surface area contributed by atoms with Gasteiger partial charge >= 0.3 is 0 Å². The van der Waals surface area contributed by atoms with Crippen molar-refractivity contribution in [1.82, 2.24) is 9.29 Å². The van der Waals surface area contributed by atoms with Gasteiger partial charge in [-0.15, -0.1) is 11.3 Å². The van der Waals surface area contributed by atoms with Crippen LogP contribution in [0.3, 0.4) is 0 Å². The Hall–Kier alpha value is -2.55. The third-order valence-electron chi connectivity index (χ3n) is 5.43. The fourth-order valence-corrected chi connectivity index (χ4v) is 5.89. The van der Waals surface area contributed by atoms with E-state index in [4.69, 9.17) is 0 Å². The fourth-order valence-electron chi connectivity index (χ4n) is 3.66. The number of carbonyl (C=O) groups is 1. The van der Waals surface area contributed by atoms with E-state index in [2.05, 4.69) is 16.4 Å². The number of nitrogens with one attached hydrogen (secondary N) is 1. The van der Waals surface area contributed by atoms with Crippen molar-refractivity contribution >= 4 is 33.0 Å². The second kappa shape index (κ2) is 8.90. The Bertz CT molecular complexity index is 1200. The second-order valence-electron chi connectivity index (χ2n) is 7.80. The molecule has 1 saturated heterocycles. The Morgan fingerprint density at radius 3 is 2.45 bits per heavy atom. The second-order valence-corrected chi connectivity index (χ2v) is 10.6. The number of aryl methyl sites for hydroxylation is 2. The highest BCUT2D eigenvalue weighted by Gasteiger charge is 2.25. The van der Waals surface area contributed by atoms with Crippen LogP contribution in [0.1, 0.15) is 40.2 Å². The number of benzene rings is 2. The molecule has 2 heterocycles. The molecule has 0 saturated carbocycles. The molecule has 3 aromatic rings. The Balaban J connectivity index is 1.47. The summed E-state index contributed by atoms with van der Waals surface area (Å²) in [5, 5.41) is 5.05. The first-order chi connectivity index (χ1) is 14.8. The van der Waals surface area contributed by atoms with Gasteiger partial charge in [0, 0.05) is 29.7 Å².